The van der Waals surface area contributed by atoms with Crippen molar-refractivity contribution in [2.75, 3.05) is 5.32 Å². The summed E-state index contributed by atoms with van der Waals surface area (Å²) >= 11 is 0. The summed E-state index contributed by atoms with van der Waals surface area (Å²) in [5.41, 5.74) is 20.9. The van der Waals surface area contributed by atoms with Gasteiger partial charge in [-0.3, -0.25) is 0 Å². The number of benzene rings is 9. The molecule has 9 aromatic carbocycles. The predicted octanol–water partition coefficient (Wildman–Crippen LogP) is 14.2. The van der Waals surface area contributed by atoms with Crippen molar-refractivity contribution in [3.05, 3.63) is 235 Å². The number of aromatic nitrogens is 1. The number of anilines is 2. The highest BCUT2D eigenvalue weighted by Crippen LogP contribution is 2.63. The van der Waals surface area contributed by atoms with Crippen molar-refractivity contribution >= 4 is 33.2 Å². The van der Waals surface area contributed by atoms with E-state index in [1.54, 1.807) is 0 Å². The third-order valence-electron chi connectivity index (χ3n) is 12.4. The van der Waals surface area contributed by atoms with Gasteiger partial charge in [0.2, 0.25) is 0 Å². The van der Waals surface area contributed by atoms with Crippen LogP contribution in [-0.2, 0) is 5.41 Å². The molecule has 1 aromatic heterocycles. The smallest absolute Gasteiger partial charge is 0.0726 e. The second kappa shape index (κ2) is 12.3. The minimum atomic E-state index is -0.348. The molecule has 0 saturated heterocycles. The van der Waals surface area contributed by atoms with Crippen LogP contribution >= 0.6 is 0 Å². The summed E-state index contributed by atoms with van der Waals surface area (Å²) in [5.74, 6) is 0. The molecule has 0 bridgehead atoms. The van der Waals surface area contributed by atoms with Gasteiger partial charge < -0.3 is 9.88 Å². The number of hydrogen-bond donors (Lipinski definition) is 1. The molecule has 266 valence electrons. The molecule has 0 atom stereocenters. The van der Waals surface area contributed by atoms with E-state index in [9.17, 15) is 0 Å². The van der Waals surface area contributed by atoms with E-state index >= 15 is 0 Å². The molecule has 2 aliphatic rings. The van der Waals surface area contributed by atoms with E-state index in [0.29, 0.717) is 0 Å². The Kier molecular flexibility index (Phi) is 6.88. The Balaban J connectivity index is 0.866. The van der Waals surface area contributed by atoms with E-state index in [0.717, 1.165) is 11.4 Å². The molecule has 2 nitrogen and oxygen atoms in total. The lowest BCUT2D eigenvalue weighted by atomic mass is 9.70. The van der Waals surface area contributed by atoms with E-state index in [-0.39, 0.29) is 5.41 Å². The SMILES string of the molecule is c1ccc(-n2c3ccccc3c3cc(-c4ccc(-c5ccc(Nc6cccc7c6-c6ccccc6C76c7ccccc7-c7ccccc76)cc5)cc4)ccc32)cc1. The van der Waals surface area contributed by atoms with Crippen molar-refractivity contribution in [3.63, 3.8) is 0 Å². The molecule has 0 amide bonds. The third kappa shape index (κ3) is 4.59. The Morgan fingerprint density at radius 1 is 0.351 bits per heavy atom. The fraction of sp³-hybridized carbons (Fsp3) is 0.0182. The normalized spacial score (nSPS) is 13.1. The minimum absolute atomic E-state index is 0.348. The van der Waals surface area contributed by atoms with Crippen molar-refractivity contribution in [2.45, 2.75) is 5.41 Å². The first-order chi connectivity index (χ1) is 28.3. The van der Waals surface area contributed by atoms with Crippen LogP contribution in [0.15, 0.2) is 212 Å². The highest BCUT2D eigenvalue weighted by atomic mass is 15.0. The zero-order valence-corrected chi connectivity index (χ0v) is 31.2. The quantitative estimate of drug-likeness (QED) is 0.187. The maximum atomic E-state index is 3.85. The lowest BCUT2D eigenvalue weighted by Gasteiger charge is -2.30. The second-order valence-electron chi connectivity index (χ2n) is 15.3. The monoisotopic (exact) mass is 724 g/mol. The molecule has 0 fully saturated rings. The van der Waals surface area contributed by atoms with Gasteiger partial charge in [0.25, 0.3) is 0 Å². The molecule has 1 N–H and O–H groups in total. The summed E-state index contributed by atoms with van der Waals surface area (Å²) in [6.07, 6.45) is 0. The van der Waals surface area contributed by atoms with E-state index in [2.05, 4.69) is 222 Å². The van der Waals surface area contributed by atoms with Crippen LogP contribution in [0.2, 0.25) is 0 Å². The van der Waals surface area contributed by atoms with Gasteiger partial charge in [0.1, 0.15) is 0 Å². The van der Waals surface area contributed by atoms with Gasteiger partial charge in [-0.25, -0.2) is 0 Å². The van der Waals surface area contributed by atoms with Gasteiger partial charge in [-0.15, -0.1) is 0 Å². The second-order valence-corrected chi connectivity index (χ2v) is 15.3. The lowest BCUT2D eigenvalue weighted by Crippen LogP contribution is -2.25. The number of para-hydroxylation sites is 2. The Labute approximate surface area is 332 Å². The number of nitrogens with zero attached hydrogens (tertiary/aromatic N) is 1. The number of rotatable bonds is 5. The van der Waals surface area contributed by atoms with Gasteiger partial charge in [0.15, 0.2) is 0 Å². The van der Waals surface area contributed by atoms with Crippen LogP contribution in [0.25, 0.3) is 72.0 Å². The minimum Gasteiger partial charge on any atom is -0.355 e. The summed E-state index contributed by atoms with van der Waals surface area (Å²) in [5, 5.41) is 6.38. The van der Waals surface area contributed by atoms with Crippen LogP contribution in [-0.4, -0.2) is 4.57 Å². The van der Waals surface area contributed by atoms with Gasteiger partial charge in [-0.2, -0.15) is 0 Å². The summed E-state index contributed by atoms with van der Waals surface area (Å²) in [4.78, 5) is 0. The molecule has 0 aliphatic heterocycles. The van der Waals surface area contributed by atoms with E-state index in [1.807, 2.05) is 0 Å². The van der Waals surface area contributed by atoms with Gasteiger partial charge in [-0.05, 0) is 110 Å². The molecule has 0 unspecified atom stereocenters. The number of fused-ring (bicyclic) bond motifs is 13. The Hall–Kier alpha value is -7.42. The average Bonchev–Trinajstić information content (AvgIpc) is 3.89. The van der Waals surface area contributed by atoms with Crippen LogP contribution in [0.5, 0.6) is 0 Å². The zero-order chi connectivity index (χ0) is 37.5. The molecule has 1 heterocycles. The van der Waals surface area contributed by atoms with Gasteiger partial charge in [0.05, 0.1) is 16.4 Å². The van der Waals surface area contributed by atoms with Crippen molar-refractivity contribution in [1.29, 1.82) is 0 Å². The molecular formula is C55H36N2. The summed E-state index contributed by atoms with van der Waals surface area (Å²) < 4.78 is 2.37. The molecule has 2 aliphatic carbocycles. The molecule has 1 spiro atoms. The summed E-state index contributed by atoms with van der Waals surface area (Å²) in [6, 6.07) is 77.8. The topological polar surface area (TPSA) is 17.0 Å². The Morgan fingerprint density at radius 3 is 1.56 bits per heavy atom. The van der Waals surface area contributed by atoms with Crippen LogP contribution in [0.3, 0.4) is 0 Å². The highest BCUT2D eigenvalue weighted by molar-refractivity contribution is 6.10. The van der Waals surface area contributed by atoms with E-state index in [4.69, 9.17) is 0 Å². The molecule has 10 aromatic rings. The van der Waals surface area contributed by atoms with Crippen molar-refractivity contribution < 1.29 is 0 Å². The van der Waals surface area contributed by atoms with E-state index in [1.165, 1.54) is 94.3 Å². The zero-order valence-electron chi connectivity index (χ0n) is 31.2. The van der Waals surface area contributed by atoms with E-state index < -0.39 is 0 Å². The van der Waals surface area contributed by atoms with Gasteiger partial charge >= 0.3 is 0 Å². The average molecular weight is 725 g/mol. The van der Waals surface area contributed by atoms with Gasteiger partial charge in [0, 0.05) is 33.4 Å². The first-order valence-electron chi connectivity index (χ1n) is 19.8. The molecule has 0 saturated carbocycles. The maximum absolute atomic E-state index is 3.85. The predicted molar refractivity (Wildman–Crippen MR) is 238 cm³/mol. The molecule has 2 heteroatoms. The first-order valence-corrected chi connectivity index (χ1v) is 19.8. The van der Waals surface area contributed by atoms with Crippen LogP contribution in [0.4, 0.5) is 11.4 Å². The van der Waals surface area contributed by atoms with Gasteiger partial charge in [-0.1, -0.05) is 164 Å². The molecular weight excluding hydrogens is 689 g/mol. The van der Waals surface area contributed by atoms with Crippen molar-refractivity contribution in [3.8, 4) is 50.2 Å². The lowest BCUT2D eigenvalue weighted by molar-refractivity contribution is 0.794. The fourth-order valence-corrected chi connectivity index (χ4v) is 10.0. The van der Waals surface area contributed by atoms with Crippen molar-refractivity contribution in [1.82, 2.24) is 4.57 Å². The molecule has 57 heavy (non-hydrogen) atoms. The maximum Gasteiger partial charge on any atom is 0.0726 e. The Morgan fingerprint density at radius 2 is 0.860 bits per heavy atom. The number of hydrogen-bond acceptors (Lipinski definition) is 1. The first kappa shape index (κ1) is 31.9. The van der Waals surface area contributed by atoms with Crippen molar-refractivity contribution in [2.24, 2.45) is 0 Å². The number of nitrogens with one attached hydrogen (secondary N) is 1. The summed E-state index contributed by atoms with van der Waals surface area (Å²) in [7, 11) is 0. The highest BCUT2D eigenvalue weighted by Gasteiger charge is 2.51. The standard InChI is InChI=1S/C55H36N2/c1-2-13-41(14-3-1)57-52-24-11-7-17-44(52)46-35-39(31-34-53(46)57)38-27-25-36(26-28-38)37-29-32-40(33-30-37)56-51-23-12-22-50-54(51)45-18-6-10-21-49(45)55(50)47-19-8-4-15-42(47)43-16-5-9-20-48(43)55/h1-35,56H. The fourth-order valence-electron chi connectivity index (χ4n) is 10.0. The van der Waals surface area contributed by atoms with Crippen LogP contribution in [0.1, 0.15) is 22.3 Å². The van der Waals surface area contributed by atoms with Crippen LogP contribution < -0.4 is 5.32 Å². The largest absolute Gasteiger partial charge is 0.355 e. The van der Waals surface area contributed by atoms with Crippen LogP contribution in [0, 0.1) is 0 Å². The molecule has 0 radical (unpaired) electrons. The summed E-state index contributed by atoms with van der Waals surface area (Å²) in [6.45, 7) is 0. The molecule has 12 rings (SSSR count). The Bertz CT molecular complexity index is 3140. The third-order valence-corrected chi connectivity index (χ3v) is 12.4.